The molecule has 0 aliphatic rings. The molecule has 3 rings (SSSR count). The number of carbonyl (C=O) groups is 2. The van der Waals surface area contributed by atoms with Crippen LogP contribution in [0.25, 0.3) is 0 Å². The Labute approximate surface area is 236 Å². The van der Waals surface area contributed by atoms with Crippen LogP contribution in [0.3, 0.4) is 0 Å². The summed E-state index contributed by atoms with van der Waals surface area (Å²) in [5.74, 6) is -0.604. The number of rotatable bonds is 12. The minimum absolute atomic E-state index is 0.000809. The van der Waals surface area contributed by atoms with Gasteiger partial charge in [0.15, 0.2) is 0 Å². The number of nitrogens with one attached hydrogen (secondary N) is 3. The minimum atomic E-state index is -4.72. The van der Waals surface area contributed by atoms with Crippen LogP contribution in [0.1, 0.15) is 18.9 Å². The fraction of sp³-hybridized carbons (Fsp3) is 0.286. The maximum atomic E-state index is 13.8. The van der Waals surface area contributed by atoms with Crippen molar-refractivity contribution in [2.24, 2.45) is 0 Å². The highest BCUT2D eigenvalue weighted by molar-refractivity contribution is 5.99. The molecule has 2 aromatic carbocycles. The van der Waals surface area contributed by atoms with Gasteiger partial charge in [0.25, 0.3) is 0 Å². The van der Waals surface area contributed by atoms with Gasteiger partial charge in [-0.3, -0.25) is 9.59 Å². The number of amides is 2. The van der Waals surface area contributed by atoms with Gasteiger partial charge in [-0.1, -0.05) is 12.6 Å². The first-order chi connectivity index (χ1) is 19.4. The molecule has 218 valence electrons. The summed E-state index contributed by atoms with van der Waals surface area (Å²) in [6.45, 7) is 6.20. The maximum absolute atomic E-state index is 13.8. The molecule has 0 saturated carbocycles. The van der Waals surface area contributed by atoms with Gasteiger partial charge in [0, 0.05) is 63.4 Å². The van der Waals surface area contributed by atoms with Crippen LogP contribution in [0.2, 0.25) is 0 Å². The van der Waals surface area contributed by atoms with Crippen LogP contribution in [0.15, 0.2) is 61.3 Å². The van der Waals surface area contributed by atoms with E-state index in [1.807, 2.05) is 18.0 Å². The number of methoxy groups -OCH3 is 1. The molecule has 1 heterocycles. The van der Waals surface area contributed by atoms with Gasteiger partial charge >= 0.3 is 6.18 Å². The summed E-state index contributed by atoms with van der Waals surface area (Å²) >= 11 is 0. The van der Waals surface area contributed by atoms with Crippen LogP contribution in [0.5, 0.6) is 5.75 Å². The van der Waals surface area contributed by atoms with Gasteiger partial charge < -0.3 is 30.5 Å². The number of aromatic nitrogens is 2. The molecule has 1 aromatic heterocycles. The van der Waals surface area contributed by atoms with Gasteiger partial charge in [-0.05, 0) is 42.8 Å². The fourth-order valence-electron chi connectivity index (χ4n) is 3.72. The smallest absolute Gasteiger partial charge is 0.421 e. The van der Waals surface area contributed by atoms with Crippen molar-refractivity contribution >= 4 is 46.3 Å². The molecule has 2 amide bonds. The molecule has 0 atom stereocenters. The lowest BCUT2D eigenvalue weighted by Crippen LogP contribution is -2.28. The number of carbonyl (C=O) groups excluding carboxylic acids is 2. The largest absolute Gasteiger partial charge is 0.494 e. The van der Waals surface area contributed by atoms with E-state index >= 15 is 0 Å². The molecule has 3 N–H and O–H groups in total. The standard InChI is InChI=1S/C28H32F3N7O3/c1-6-25(40)33-19-9-7-10-20(15-19)34-26-22(28(29,30)31)17-32-27(36-26)35-23-12-11-21(16-24(23)41-5)38(4)14-8-13-37(3)18(2)39/h6-7,9-12,15-17H,1,8,13-14H2,2-5H3,(H,33,40)(H2,32,34,35,36). The van der Waals surface area contributed by atoms with E-state index in [9.17, 15) is 22.8 Å². The minimum Gasteiger partial charge on any atom is -0.494 e. The van der Waals surface area contributed by atoms with E-state index in [4.69, 9.17) is 4.74 Å². The zero-order valence-corrected chi connectivity index (χ0v) is 23.2. The third kappa shape index (κ3) is 8.59. The van der Waals surface area contributed by atoms with Crippen LogP contribution >= 0.6 is 0 Å². The lowest BCUT2D eigenvalue weighted by atomic mass is 10.2. The molecule has 0 bridgehead atoms. The monoisotopic (exact) mass is 571 g/mol. The zero-order valence-electron chi connectivity index (χ0n) is 23.2. The topological polar surface area (TPSA) is 112 Å². The Hall–Kier alpha value is -4.81. The SMILES string of the molecule is C=CC(=O)Nc1cccc(Nc2nc(Nc3ccc(N(C)CCCN(C)C(C)=O)cc3OC)ncc2C(F)(F)F)c1. The van der Waals surface area contributed by atoms with Gasteiger partial charge in [-0.15, -0.1) is 0 Å². The third-order valence-corrected chi connectivity index (χ3v) is 6.07. The van der Waals surface area contributed by atoms with Crippen LogP contribution < -0.4 is 25.6 Å². The second-order valence-electron chi connectivity index (χ2n) is 9.08. The molecule has 0 fully saturated rings. The van der Waals surface area contributed by atoms with Crippen molar-refractivity contribution in [1.82, 2.24) is 14.9 Å². The van der Waals surface area contributed by atoms with Crippen molar-refractivity contribution in [2.75, 3.05) is 55.1 Å². The molecule has 41 heavy (non-hydrogen) atoms. The predicted molar refractivity (Wildman–Crippen MR) is 153 cm³/mol. The number of alkyl halides is 3. The Balaban J connectivity index is 1.82. The lowest BCUT2D eigenvalue weighted by Gasteiger charge is -2.23. The van der Waals surface area contributed by atoms with E-state index in [0.717, 1.165) is 18.2 Å². The van der Waals surface area contributed by atoms with E-state index in [0.29, 0.717) is 36.4 Å². The number of hydrogen-bond donors (Lipinski definition) is 3. The summed E-state index contributed by atoms with van der Waals surface area (Å²) in [6.07, 6.45) is -2.20. The van der Waals surface area contributed by atoms with Crippen LogP contribution in [0.4, 0.5) is 47.7 Å². The van der Waals surface area contributed by atoms with Gasteiger partial charge in [0.2, 0.25) is 17.8 Å². The molecule has 0 unspecified atom stereocenters. The molecular formula is C28H32F3N7O3. The average molecular weight is 572 g/mol. The van der Waals surface area contributed by atoms with Gasteiger partial charge in [-0.2, -0.15) is 18.2 Å². The second-order valence-corrected chi connectivity index (χ2v) is 9.08. The summed E-state index contributed by atoms with van der Waals surface area (Å²) in [5.41, 5.74) is 0.851. The number of benzene rings is 2. The van der Waals surface area contributed by atoms with E-state index in [-0.39, 0.29) is 17.5 Å². The van der Waals surface area contributed by atoms with E-state index in [1.165, 1.54) is 26.2 Å². The number of hydrogen-bond acceptors (Lipinski definition) is 8. The maximum Gasteiger partial charge on any atom is 0.421 e. The molecule has 0 spiro atoms. The summed E-state index contributed by atoms with van der Waals surface area (Å²) in [4.78, 5) is 34.6. The van der Waals surface area contributed by atoms with Crippen molar-refractivity contribution in [2.45, 2.75) is 19.5 Å². The summed E-state index contributed by atoms with van der Waals surface area (Å²) in [5, 5.41) is 8.15. The Morgan fingerprint density at radius 1 is 1.07 bits per heavy atom. The van der Waals surface area contributed by atoms with Gasteiger partial charge in [-0.25, -0.2) is 4.98 Å². The van der Waals surface area contributed by atoms with Crippen molar-refractivity contribution in [3.63, 3.8) is 0 Å². The van der Waals surface area contributed by atoms with E-state index in [2.05, 4.69) is 32.5 Å². The van der Waals surface area contributed by atoms with Crippen LogP contribution in [0, 0.1) is 0 Å². The number of anilines is 6. The molecule has 0 aliphatic heterocycles. The summed E-state index contributed by atoms with van der Waals surface area (Å²) in [7, 11) is 5.13. The van der Waals surface area contributed by atoms with Gasteiger partial charge in [0.1, 0.15) is 17.1 Å². The fourth-order valence-corrected chi connectivity index (χ4v) is 3.72. The van der Waals surface area contributed by atoms with Gasteiger partial charge in [0.05, 0.1) is 12.8 Å². The predicted octanol–water partition coefficient (Wildman–Crippen LogP) is 5.42. The van der Waals surface area contributed by atoms with Crippen LogP contribution in [-0.4, -0.2) is 61.0 Å². The first-order valence-corrected chi connectivity index (χ1v) is 12.5. The number of halogens is 3. The van der Waals surface area contributed by atoms with Crippen molar-refractivity contribution in [1.29, 1.82) is 0 Å². The summed E-state index contributed by atoms with van der Waals surface area (Å²) < 4.78 is 46.8. The molecule has 0 radical (unpaired) electrons. The van der Waals surface area contributed by atoms with Crippen molar-refractivity contribution in [3.05, 3.63) is 66.9 Å². The number of nitrogens with zero attached hydrogens (tertiary/aromatic N) is 4. The third-order valence-electron chi connectivity index (χ3n) is 6.07. The first-order valence-electron chi connectivity index (χ1n) is 12.5. The van der Waals surface area contributed by atoms with Crippen LogP contribution in [-0.2, 0) is 15.8 Å². The normalized spacial score (nSPS) is 10.9. The Kier molecular flexibility index (Phi) is 10.1. The zero-order chi connectivity index (χ0) is 30.2. The van der Waals surface area contributed by atoms with E-state index in [1.54, 1.807) is 36.2 Å². The Morgan fingerprint density at radius 3 is 2.46 bits per heavy atom. The molecule has 13 heteroatoms. The van der Waals surface area contributed by atoms with Crippen molar-refractivity contribution < 1.29 is 27.5 Å². The average Bonchev–Trinajstić information content (AvgIpc) is 2.92. The van der Waals surface area contributed by atoms with E-state index < -0.39 is 23.5 Å². The molecule has 0 aliphatic carbocycles. The lowest BCUT2D eigenvalue weighted by molar-refractivity contribution is -0.137. The molecule has 10 nitrogen and oxygen atoms in total. The Morgan fingerprint density at radius 2 is 1.80 bits per heavy atom. The molecule has 0 saturated heterocycles. The summed E-state index contributed by atoms with van der Waals surface area (Å²) in [6, 6.07) is 11.5. The Bertz CT molecular complexity index is 1400. The molecular weight excluding hydrogens is 539 g/mol. The first kappa shape index (κ1) is 30.7. The molecule has 3 aromatic rings. The highest BCUT2D eigenvalue weighted by Crippen LogP contribution is 2.37. The highest BCUT2D eigenvalue weighted by atomic mass is 19.4. The highest BCUT2D eigenvalue weighted by Gasteiger charge is 2.35. The number of ether oxygens (including phenoxy) is 1. The quantitative estimate of drug-likeness (QED) is 0.247. The van der Waals surface area contributed by atoms with Crippen molar-refractivity contribution in [3.8, 4) is 5.75 Å². The second kappa shape index (κ2) is 13.5.